The van der Waals surface area contributed by atoms with Crippen molar-refractivity contribution >= 4 is 93.5 Å². The van der Waals surface area contributed by atoms with E-state index in [0.717, 1.165) is 62.5 Å². The van der Waals surface area contributed by atoms with Crippen molar-refractivity contribution in [3.8, 4) is 0 Å². The number of ether oxygens (including phenoxy) is 2. The molecule has 19 heteroatoms. The summed E-state index contributed by atoms with van der Waals surface area (Å²) in [7, 11) is 0. The molecule has 0 radical (unpaired) electrons. The SMILES string of the molecule is C.CC(C)(C)OC(=O)CCN.C[C@H](c1ccc(C(=O)NCCC(=O)OC(C)(C)C)cc1)N1C(=O)C(c2cc(Cl)cc(Cl)c2)=NC12CCC(C(C)(C)C)CC2.C[C@H](c1ccc(C(=O)O)cc1)N1C(=O)C(c2cc(Cl)cc(Cl)c2)=NC12CCC(C(C)(C)C)CC2. The second-order valence-electron chi connectivity index (χ2n) is 27.5. The van der Waals surface area contributed by atoms with Crippen LogP contribution in [0.15, 0.2) is 94.9 Å². The van der Waals surface area contributed by atoms with Crippen LogP contribution in [0.1, 0.15) is 224 Å². The molecule has 0 bridgehead atoms. The Labute approximate surface area is 541 Å². The van der Waals surface area contributed by atoms with Crippen LogP contribution in [-0.2, 0) is 28.7 Å². The Bertz CT molecular complexity index is 3170. The minimum atomic E-state index is -0.975. The van der Waals surface area contributed by atoms with Gasteiger partial charge >= 0.3 is 17.9 Å². The highest BCUT2D eigenvalue weighted by Crippen LogP contribution is 2.51. The number of amides is 3. The van der Waals surface area contributed by atoms with Gasteiger partial charge in [0.05, 0.1) is 30.5 Å². The van der Waals surface area contributed by atoms with Gasteiger partial charge in [-0.15, -0.1) is 0 Å². The fourth-order valence-corrected chi connectivity index (χ4v) is 13.1. The highest BCUT2D eigenvalue weighted by Gasteiger charge is 2.54. The van der Waals surface area contributed by atoms with Crippen LogP contribution in [0, 0.1) is 22.7 Å². The van der Waals surface area contributed by atoms with Gasteiger partial charge in [0.1, 0.15) is 34.0 Å². The zero-order chi connectivity index (χ0) is 64.8. The van der Waals surface area contributed by atoms with Gasteiger partial charge in [-0.1, -0.05) is 120 Å². The molecule has 0 saturated heterocycles. The summed E-state index contributed by atoms with van der Waals surface area (Å²) in [5, 5.41) is 13.9. The maximum Gasteiger partial charge on any atom is 0.335 e. The molecule has 480 valence electrons. The lowest BCUT2D eigenvalue weighted by atomic mass is 9.69. The third kappa shape index (κ3) is 18.9. The van der Waals surface area contributed by atoms with Crippen LogP contribution < -0.4 is 11.1 Å². The molecule has 2 aliphatic heterocycles. The van der Waals surface area contributed by atoms with Crippen LogP contribution >= 0.6 is 46.4 Å². The van der Waals surface area contributed by atoms with E-state index in [1.807, 2.05) is 56.6 Å². The minimum Gasteiger partial charge on any atom is -0.478 e. The highest BCUT2D eigenvalue weighted by molar-refractivity contribution is 6.48. The Morgan fingerprint density at radius 3 is 1.22 bits per heavy atom. The third-order valence-corrected chi connectivity index (χ3v) is 17.4. The molecule has 0 aromatic heterocycles. The molecule has 15 nitrogen and oxygen atoms in total. The fourth-order valence-electron chi connectivity index (χ4n) is 12.1. The van der Waals surface area contributed by atoms with E-state index in [2.05, 4.69) is 46.9 Å². The molecular formula is C69H92Cl4N6O9. The molecule has 0 unspecified atom stereocenters. The lowest BCUT2D eigenvalue weighted by molar-refractivity contribution is -0.155. The number of carbonyl (C=O) groups is 6. The molecular weight excluding hydrogens is 1200 g/mol. The Balaban J connectivity index is 0.000000279. The second kappa shape index (κ2) is 29.4. The number of nitrogens with zero attached hydrogens (tertiary/aromatic N) is 4. The lowest BCUT2D eigenvalue weighted by Crippen LogP contribution is -2.50. The first-order valence-corrected chi connectivity index (χ1v) is 31.5. The number of nitrogens with one attached hydrogen (secondary N) is 1. The maximum absolute atomic E-state index is 14.1. The van der Waals surface area contributed by atoms with Crippen LogP contribution in [-0.4, -0.2) is 97.6 Å². The zero-order valence-corrected chi connectivity index (χ0v) is 56.0. The van der Waals surface area contributed by atoms with Crippen molar-refractivity contribution in [2.75, 3.05) is 13.1 Å². The zero-order valence-electron chi connectivity index (χ0n) is 53.0. The summed E-state index contributed by atoms with van der Waals surface area (Å²) in [6, 6.07) is 23.6. The summed E-state index contributed by atoms with van der Waals surface area (Å²) < 4.78 is 10.3. The Morgan fingerprint density at radius 2 is 0.909 bits per heavy atom. The molecule has 8 rings (SSSR count). The van der Waals surface area contributed by atoms with Crippen LogP contribution in [0.4, 0.5) is 0 Å². The molecule has 4 aromatic rings. The van der Waals surface area contributed by atoms with Gasteiger partial charge in [0.2, 0.25) is 0 Å². The average Bonchev–Trinajstić information content (AvgIpc) is 1.60. The molecule has 3 amide bonds. The number of rotatable bonds is 13. The topological polar surface area (TPSA) is 210 Å². The normalized spacial score (nSPS) is 21.0. The molecule has 2 atom stereocenters. The Kier molecular flexibility index (Phi) is 24.4. The molecule has 88 heavy (non-hydrogen) atoms. The van der Waals surface area contributed by atoms with E-state index in [0.29, 0.717) is 73.0 Å². The molecule has 4 aromatic carbocycles. The molecule has 2 heterocycles. The fraction of sp³-hybridized carbons (Fsp3) is 0.536. The predicted molar refractivity (Wildman–Crippen MR) is 354 cm³/mol. The van der Waals surface area contributed by atoms with E-state index in [-0.39, 0.29) is 84.1 Å². The standard InChI is InChI=1S/C34H43Cl2N3O4.C27H30Cl2N2O3.C7H15NO2.CH4/c1-21(22-8-10-23(11-9-22)30(41)37-17-14-28(40)43-33(5,6)7)39-31(42)29(24-18-26(35)20-27(36)19-24)38-34(39)15-12-25(13-16-34)32(2,3)4;1-16(17-5-7-18(8-6-17)25(33)34)31-24(32)23(19-13-21(28)15-22(29)14-19)30-27(31)11-9-20(10-12-27)26(2,3)4;1-7(2,3)10-6(9)4-5-8;/h8-11,18-21,25H,12-17H2,1-7H3,(H,37,41);5-8,13-16,20H,9-12H2,1-4H3,(H,33,34);4-5,8H2,1-3H3;1H4/t21-,25?,34?;16-,20?,27?;;/m11../s1. The smallest absolute Gasteiger partial charge is 0.335 e. The van der Waals surface area contributed by atoms with Gasteiger partial charge in [-0.05, 0) is 201 Å². The third-order valence-electron chi connectivity index (χ3n) is 16.5. The lowest BCUT2D eigenvalue weighted by Gasteiger charge is -2.46. The molecule has 2 saturated carbocycles. The second-order valence-corrected chi connectivity index (χ2v) is 29.2. The van der Waals surface area contributed by atoms with Gasteiger partial charge in [-0.3, -0.25) is 34.0 Å². The number of aromatic carboxylic acids is 1. The van der Waals surface area contributed by atoms with Crippen molar-refractivity contribution in [2.24, 2.45) is 38.4 Å². The summed E-state index contributed by atoms with van der Waals surface area (Å²) >= 11 is 25.1. The number of carbonyl (C=O) groups excluding carboxylic acids is 5. The van der Waals surface area contributed by atoms with Gasteiger partial charge in [-0.25, -0.2) is 4.79 Å². The maximum atomic E-state index is 14.1. The number of halogens is 4. The summed E-state index contributed by atoms with van der Waals surface area (Å²) in [6.45, 7) is 29.1. The van der Waals surface area contributed by atoms with Crippen molar-refractivity contribution in [3.05, 3.63) is 138 Å². The first kappa shape index (κ1) is 72.9. The minimum absolute atomic E-state index is 0. The van der Waals surface area contributed by atoms with Gasteiger partial charge in [0.15, 0.2) is 0 Å². The number of carboxylic acid groups (broad SMARTS) is 1. The van der Waals surface area contributed by atoms with Crippen molar-refractivity contribution in [2.45, 2.75) is 203 Å². The van der Waals surface area contributed by atoms with Crippen molar-refractivity contribution in [1.29, 1.82) is 0 Å². The van der Waals surface area contributed by atoms with E-state index in [9.17, 15) is 33.9 Å². The number of benzene rings is 4. The summed E-state index contributed by atoms with van der Waals surface area (Å²) in [6.07, 6.45) is 7.36. The van der Waals surface area contributed by atoms with Crippen LogP contribution in [0.5, 0.6) is 0 Å². The van der Waals surface area contributed by atoms with Crippen molar-refractivity contribution in [1.82, 2.24) is 15.1 Å². The monoisotopic (exact) mass is 1290 g/mol. The van der Waals surface area contributed by atoms with Gasteiger partial charge in [-0.2, -0.15) is 0 Å². The van der Waals surface area contributed by atoms with Crippen molar-refractivity contribution < 1.29 is 43.3 Å². The number of esters is 2. The molecule has 4 aliphatic rings. The number of carboxylic acids is 1. The van der Waals surface area contributed by atoms with E-state index >= 15 is 0 Å². The predicted octanol–water partition coefficient (Wildman–Crippen LogP) is 16.1. The van der Waals surface area contributed by atoms with E-state index < -0.39 is 22.9 Å². The Morgan fingerprint density at radius 1 is 0.580 bits per heavy atom. The highest BCUT2D eigenvalue weighted by atomic mass is 35.5. The van der Waals surface area contributed by atoms with E-state index in [1.165, 1.54) is 0 Å². The van der Waals surface area contributed by atoms with Crippen LogP contribution in [0.2, 0.25) is 20.1 Å². The summed E-state index contributed by atoms with van der Waals surface area (Å²) in [5.74, 6) is -1.04. The number of aliphatic imine (C=N–C) groups is 2. The van der Waals surface area contributed by atoms with E-state index in [1.54, 1.807) is 93.6 Å². The largest absolute Gasteiger partial charge is 0.478 e. The summed E-state index contributed by atoms with van der Waals surface area (Å²) in [5.41, 5.74) is 7.72. The number of hydrogen-bond acceptors (Lipinski definition) is 11. The van der Waals surface area contributed by atoms with Crippen LogP contribution in [0.25, 0.3) is 0 Å². The van der Waals surface area contributed by atoms with Crippen LogP contribution in [0.3, 0.4) is 0 Å². The Hall–Kier alpha value is -5.84. The molecule has 2 spiro atoms. The number of hydrogen-bond donors (Lipinski definition) is 3. The molecule has 4 N–H and O–H groups in total. The van der Waals surface area contributed by atoms with Gasteiger partial charge in [0.25, 0.3) is 17.7 Å². The van der Waals surface area contributed by atoms with Crippen molar-refractivity contribution in [3.63, 3.8) is 0 Å². The molecule has 2 aliphatic carbocycles. The quantitative estimate of drug-likeness (QED) is 0.108. The number of nitrogens with two attached hydrogens (primary N) is 1. The summed E-state index contributed by atoms with van der Waals surface area (Å²) in [4.78, 5) is 88.8. The first-order valence-electron chi connectivity index (χ1n) is 30.0. The van der Waals surface area contributed by atoms with Gasteiger partial charge in [0, 0.05) is 49.9 Å². The van der Waals surface area contributed by atoms with Gasteiger partial charge < -0.3 is 35.4 Å². The molecule has 2 fully saturated rings. The first-order chi connectivity index (χ1) is 40.4. The average molecular weight is 1290 g/mol. The van der Waals surface area contributed by atoms with E-state index in [4.69, 9.17) is 71.6 Å².